The van der Waals surface area contributed by atoms with Gasteiger partial charge in [0.15, 0.2) is 0 Å². The Morgan fingerprint density at radius 2 is 1.88 bits per heavy atom. The van der Waals surface area contributed by atoms with Crippen molar-refractivity contribution in [2.24, 2.45) is 5.92 Å². The number of nitrogens with zero attached hydrogens (tertiary/aromatic N) is 2. The molecule has 2 fully saturated rings. The lowest BCUT2D eigenvalue weighted by atomic mass is 9.97. The van der Waals surface area contributed by atoms with Crippen molar-refractivity contribution in [2.45, 2.75) is 25.9 Å². The minimum Gasteiger partial charge on any atom is -0.366 e. The van der Waals surface area contributed by atoms with Gasteiger partial charge in [-0.25, -0.2) is 4.98 Å². The van der Waals surface area contributed by atoms with Crippen molar-refractivity contribution in [3.63, 3.8) is 0 Å². The van der Waals surface area contributed by atoms with Gasteiger partial charge in [0.05, 0.1) is 6.61 Å². The normalized spacial score (nSPS) is 18.8. The van der Waals surface area contributed by atoms with Crippen LogP contribution in [-0.4, -0.2) is 54.5 Å². The number of carbonyl (C=O) groups is 2. The molecule has 1 aliphatic heterocycles. The highest BCUT2D eigenvalue weighted by Crippen LogP contribution is 2.32. The zero-order chi connectivity index (χ0) is 22.9. The van der Waals surface area contributed by atoms with E-state index in [9.17, 15) is 9.59 Å². The summed E-state index contributed by atoms with van der Waals surface area (Å²) in [4.78, 5) is 31.2. The maximum absolute atomic E-state index is 12.7. The molecule has 2 N–H and O–H groups in total. The third-order valence-corrected chi connectivity index (χ3v) is 6.30. The summed E-state index contributed by atoms with van der Waals surface area (Å²) in [5.41, 5.74) is 3.94. The van der Waals surface area contributed by atoms with Gasteiger partial charge in [0.1, 0.15) is 11.9 Å². The van der Waals surface area contributed by atoms with Crippen LogP contribution < -0.4 is 10.6 Å². The number of aromatic nitrogens is 1. The standard InChI is InChI=1S/C26H28N4O3/c1-16-3-8-21(28-26(32)23-15-30(2)9-10-33-23)13-22(16)19-7-6-18-12-24(27-14-20(18)11-19)29-25(31)17-4-5-17/h3,6-8,11-14,17,23H,4-5,9-10,15H2,1-2H3,(H,28,32)(H,27,29,31). The number of hydrogen-bond acceptors (Lipinski definition) is 5. The lowest BCUT2D eigenvalue weighted by Gasteiger charge is -2.29. The number of carbonyl (C=O) groups excluding carboxylic acids is 2. The van der Waals surface area contributed by atoms with Gasteiger partial charge in [-0.15, -0.1) is 0 Å². The van der Waals surface area contributed by atoms with Crippen molar-refractivity contribution < 1.29 is 14.3 Å². The highest BCUT2D eigenvalue weighted by Gasteiger charge is 2.29. The summed E-state index contributed by atoms with van der Waals surface area (Å²) in [5.74, 6) is 0.660. The molecule has 1 aliphatic carbocycles. The van der Waals surface area contributed by atoms with Crippen molar-refractivity contribution in [3.05, 3.63) is 54.2 Å². The van der Waals surface area contributed by atoms with E-state index in [0.29, 0.717) is 19.0 Å². The number of nitrogens with one attached hydrogen (secondary N) is 2. The number of aryl methyl sites for hydroxylation is 1. The highest BCUT2D eigenvalue weighted by molar-refractivity contribution is 5.97. The van der Waals surface area contributed by atoms with E-state index in [1.807, 2.05) is 37.4 Å². The smallest absolute Gasteiger partial charge is 0.254 e. The van der Waals surface area contributed by atoms with Crippen LogP contribution in [0.15, 0.2) is 48.7 Å². The molecule has 2 heterocycles. The van der Waals surface area contributed by atoms with Crippen LogP contribution in [-0.2, 0) is 14.3 Å². The second-order valence-corrected chi connectivity index (χ2v) is 9.04. The van der Waals surface area contributed by atoms with Gasteiger partial charge in [-0.05, 0) is 73.2 Å². The molecule has 0 spiro atoms. The van der Waals surface area contributed by atoms with Crippen LogP contribution in [0, 0.1) is 12.8 Å². The fourth-order valence-corrected chi connectivity index (χ4v) is 4.12. The first kappa shape index (κ1) is 21.6. The topological polar surface area (TPSA) is 83.6 Å². The number of hydrogen-bond donors (Lipinski definition) is 2. The first-order valence-electron chi connectivity index (χ1n) is 11.4. The maximum Gasteiger partial charge on any atom is 0.254 e. The largest absolute Gasteiger partial charge is 0.366 e. The molecule has 2 aliphatic rings. The quantitative estimate of drug-likeness (QED) is 0.625. The molecular formula is C26H28N4O3. The Morgan fingerprint density at radius 1 is 1.03 bits per heavy atom. The summed E-state index contributed by atoms with van der Waals surface area (Å²) in [5, 5.41) is 7.91. The van der Waals surface area contributed by atoms with Gasteiger partial charge in [-0.1, -0.05) is 18.2 Å². The predicted molar refractivity (Wildman–Crippen MR) is 129 cm³/mol. The van der Waals surface area contributed by atoms with Crippen LogP contribution in [0.1, 0.15) is 18.4 Å². The Morgan fingerprint density at radius 3 is 2.67 bits per heavy atom. The van der Waals surface area contributed by atoms with Gasteiger partial charge in [0.2, 0.25) is 5.91 Å². The average Bonchev–Trinajstić information content (AvgIpc) is 3.66. The number of benzene rings is 2. The molecule has 2 aromatic carbocycles. The molecule has 1 saturated carbocycles. The molecule has 0 bridgehead atoms. The number of ether oxygens (including phenoxy) is 1. The van der Waals surface area contributed by atoms with Gasteiger partial charge in [0, 0.05) is 36.3 Å². The Kier molecular flexibility index (Phi) is 5.83. The number of morpholine rings is 1. The predicted octanol–water partition coefficient (Wildman–Crippen LogP) is 3.83. The number of pyridine rings is 1. The van der Waals surface area contributed by atoms with Crippen molar-refractivity contribution in [1.29, 1.82) is 0 Å². The van der Waals surface area contributed by atoms with Gasteiger partial charge in [0.25, 0.3) is 5.91 Å². The molecule has 7 nitrogen and oxygen atoms in total. The van der Waals surface area contributed by atoms with E-state index in [1.54, 1.807) is 6.20 Å². The molecular weight excluding hydrogens is 416 g/mol. The van der Waals surface area contributed by atoms with Crippen LogP contribution in [0.3, 0.4) is 0 Å². The summed E-state index contributed by atoms with van der Waals surface area (Å²) in [6.45, 7) is 4.04. The summed E-state index contributed by atoms with van der Waals surface area (Å²) in [7, 11) is 1.99. The van der Waals surface area contributed by atoms with Crippen molar-refractivity contribution in [3.8, 4) is 11.1 Å². The maximum atomic E-state index is 12.7. The van der Waals surface area contributed by atoms with Gasteiger partial charge >= 0.3 is 0 Å². The number of likely N-dealkylation sites (N-methyl/N-ethyl adjacent to an activating group) is 1. The molecule has 1 atom stereocenters. The van der Waals surface area contributed by atoms with Crippen LogP contribution in [0.4, 0.5) is 11.5 Å². The lowest BCUT2D eigenvalue weighted by molar-refractivity contribution is -0.132. The number of fused-ring (bicyclic) bond motifs is 1. The van der Waals surface area contributed by atoms with E-state index in [0.717, 1.165) is 52.5 Å². The van der Waals surface area contributed by atoms with Crippen molar-refractivity contribution in [1.82, 2.24) is 9.88 Å². The first-order valence-corrected chi connectivity index (χ1v) is 11.4. The van der Waals surface area contributed by atoms with E-state index < -0.39 is 6.10 Å². The second-order valence-electron chi connectivity index (χ2n) is 9.04. The fourth-order valence-electron chi connectivity index (χ4n) is 4.12. The monoisotopic (exact) mass is 444 g/mol. The lowest BCUT2D eigenvalue weighted by Crippen LogP contribution is -2.46. The molecule has 0 radical (unpaired) electrons. The minimum atomic E-state index is -0.463. The van der Waals surface area contributed by atoms with E-state index in [4.69, 9.17) is 4.74 Å². The van der Waals surface area contributed by atoms with Gasteiger partial charge < -0.3 is 20.3 Å². The Labute approximate surface area is 193 Å². The molecule has 170 valence electrons. The Balaban J connectivity index is 1.35. The molecule has 1 aromatic heterocycles. The highest BCUT2D eigenvalue weighted by atomic mass is 16.5. The molecule has 1 unspecified atom stereocenters. The van der Waals surface area contributed by atoms with E-state index in [1.165, 1.54) is 0 Å². The zero-order valence-electron chi connectivity index (χ0n) is 18.9. The van der Waals surface area contributed by atoms with Crippen LogP contribution in [0.2, 0.25) is 0 Å². The average molecular weight is 445 g/mol. The summed E-state index contributed by atoms with van der Waals surface area (Å²) in [6, 6.07) is 14.0. The van der Waals surface area contributed by atoms with E-state index in [-0.39, 0.29) is 17.7 Å². The van der Waals surface area contributed by atoms with Gasteiger partial charge in [-0.3, -0.25) is 9.59 Å². The van der Waals surface area contributed by atoms with Gasteiger partial charge in [-0.2, -0.15) is 0 Å². The number of amides is 2. The third kappa shape index (κ3) is 4.89. The SMILES string of the molecule is Cc1ccc(NC(=O)C2CN(C)CCO2)cc1-c1ccc2cc(NC(=O)C3CC3)ncc2c1. The molecule has 2 amide bonds. The molecule has 3 aromatic rings. The van der Waals surface area contributed by atoms with Crippen molar-refractivity contribution >= 4 is 34.1 Å². The first-order chi connectivity index (χ1) is 16.0. The van der Waals surface area contributed by atoms with Crippen LogP contribution in [0.25, 0.3) is 21.9 Å². The Bertz CT molecular complexity index is 1220. The number of rotatable bonds is 5. The van der Waals surface area contributed by atoms with Crippen LogP contribution in [0.5, 0.6) is 0 Å². The summed E-state index contributed by atoms with van der Waals surface area (Å²) >= 11 is 0. The molecule has 1 saturated heterocycles. The third-order valence-electron chi connectivity index (χ3n) is 6.30. The summed E-state index contributed by atoms with van der Waals surface area (Å²) < 4.78 is 5.63. The van der Waals surface area contributed by atoms with Crippen LogP contribution >= 0.6 is 0 Å². The minimum absolute atomic E-state index is 0.0539. The Hall–Kier alpha value is -3.29. The van der Waals surface area contributed by atoms with E-state index >= 15 is 0 Å². The molecule has 33 heavy (non-hydrogen) atoms. The fraction of sp³-hybridized carbons (Fsp3) is 0.346. The molecule has 7 heteroatoms. The second kappa shape index (κ2) is 8.92. The van der Waals surface area contributed by atoms with Crippen molar-refractivity contribution in [2.75, 3.05) is 37.4 Å². The number of anilines is 2. The summed E-state index contributed by atoms with van der Waals surface area (Å²) in [6.07, 6.45) is 3.26. The zero-order valence-corrected chi connectivity index (χ0v) is 18.9. The molecule has 5 rings (SSSR count). The van der Waals surface area contributed by atoms with E-state index in [2.05, 4.69) is 39.6 Å².